The van der Waals surface area contributed by atoms with Gasteiger partial charge in [0.25, 0.3) is 5.91 Å². The monoisotopic (exact) mass is 534 g/mol. The predicted octanol–water partition coefficient (Wildman–Crippen LogP) is -1.13. The van der Waals surface area contributed by atoms with E-state index in [4.69, 9.17) is 15.2 Å². The van der Waals surface area contributed by atoms with Crippen LogP contribution in [0.3, 0.4) is 0 Å². The third-order valence-electron chi connectivity index (χ3n) is 6.62. The zero-order valence-electron chi connectivity index (χ0n) is 21.2. The van der Waals surface area contributed by atoms with Gasteiger partial charge in [0.1, 0.15) is 24.2 Å². The lowest BCUT2D eigenvalue weighted by molar-refractivity contribution is -0.147. The SMILES string of the molecule is CCNC(=O)[C@@H](OCn1cnc2c(N)nc(CC3CCN(C(=O)OC4CCC(=O)N4)CC3)nc21)C(O)CO. The molecule has 38 heavy (non-hydrogen) atoms. The highest BCUT2D eigenvalue weighted by Crippen LogP contribution is 2.24. The van der Waals surface area contributed by atoms with E-state index in [1.165, 1.54) is 6.33 Å². The molecule has 0 spiro atoms. The van der Waals surface area contributed by atoms with E-state index in [0.717, 1.165) is 12.8 Å². The van der Waals surface area contributed by atoms with Crippen LogP contribution in [0.2, 0.25) is 0 Å². The van der Waals surface area contributed by atoms with Gasteiger partial charge in [-0.2, -0.15) is 0 Å². The second kappa shape index (κ2) is 12.3. The molecule has 4 rings (SSSR count). The van der Waals surface area contributed by atoms with Crippen LogP contribution in [-0.4, -0.2) is 97.2 Å². The van der Waals surface area contributed by atoms with Gasteiger partial charge in [0.05, 0.1) is 12.9 Å². The highest BCUT2D eigenvalue weighted by molar-refractivity contribution is 5.82. The normalized spacial score (nSPS) is 19.8. The second-order valence-corrected chi connectivity index (χ2v) is 9.39. The largest absolute Gasteiger partial charge is 0.425 e. The van der Waals surface area contributed by atoms with Crippen molar-refractivity contribution in [3.05, 3.63) is 12.2 Å². The van der Waals surface area contributed by atoms with Gasteiger partial charge in [-0.15, -0.1) is 0 Å². The number of fused-ring (bicyclic) bond motifs is 1. The van der Waals surface area contributed by atoms with Crippen LogP contribution in [0.15, 0.2) is 6.33 Å². The first-order chi connectivity index (χ1) is 18.3. The van der Waals surface area contributed by atoms with Crippen molar-refractivity contribution in [1.82, 2.24) is 35.1 Å². The van der Waals surface area contributed by atoms with E-state index in [2.05, 4.69) is 25.6 Å². The van der Waals surface area contributed by atoms with Crippen LogP contribution >= 0.6 is 0 Å². The van der Waals surface area contributed by atoms with Crippen molar-refractivity contribution in [2.24, 2.45) is 5.92 Å². The van der Waals surface area contributed by atoms with Gasteiger partial charge in [-0.1, -0.05) is 0 Å². The fourth-order valence-corrected chi connectivity index (χ4v) is 4.54. The van der Waals surface area contributed by atoms with Crippen molar-refractivity contribution in [2.75, 3.05) is 32.0 Å². The standard InChI is InChI=1S/C23H34N8O7/c1-2-25-22(35)19(14(33)10-32)37-12-31-11-26-18-20(24)27-15(28-21(18)31)9-13-5-7-30(8-6-13)23(36)38-17-4-3-16(34)29-17/h11,13-14,17,19,32-33H,2-10,12H2,1H3,(H,25,35)(H,29,34)(H2,24,27,28)/t14?,17?,19-/m0/s1. The molecule has 0 saturated carbocycles. The van der Waals surface area contributed by atoms with Gasteiger partial charge in [-0.25, -0.2) is 19.7 Å². The molecule has 15 heteroatoms. The number of likely N-dealkylation sites (N-methyl/N-ethyl adjacent to an activating group) is 1. The van der Waals surface area contributed by atoms with E-state index < -0.39 is 37.0 Å². The number of aliphatic hydroxyl groups is 2. The Hall–Kier alpha value is -3.56. The third-order valence-corrected chi connectivity index (χ3v) is 6.62. The number of hydrogen-bond donors (Lipinski definition) is 5. The molecule has 15 nitrogen and oxygen atoms in total. The number of rotatable bonds is 10. The molecule has 0 bridgehead atoms. The summed E-state index contributed by atoms with van der Waals surface area (Å²) in [5, 5.41) is 24.5. The highest BCUT2D eigenvalue weighted by atomic mass is 16.6. The Balaban J connectivity index is 1.36. The van der Waals surface area contributed by atoms with Crippen molar-refractivity contribution in [2.45, 2.75) is 64.2 Å². The van der Waals surface area contributed by atoms with E-state index >= 15 is 0 Å². The van der Waals surface area contributed by atoms with Gasteiger partial charge in [0.2, 0.25) is 5.91 Å². The van der Waals surface area contributed by atoms with Crippen LogP contribution in [-0.2, 0) is 32.2 Å². The molecule has 6 N–H and O–H groups in total. The first-order valence-electron chi connectivity index (χ1n) is 12.7. The molecule has 2 saturated heterocycles. The van der Waals surface area contributed by atoms with Gasteiger partial charge in [0, 0.05) is 38.9 Å². The lowest BCUT2D eigenvalue weighted by Crippen LogP contribution is -2.45. The summed E-state index contributed by atoms with van der Waals surface area (Å²) in [6.45, 7) is 2.31. The molecule has 2 aromatic heterocycles. The minimum absolute atomic E-state index is 0.116. The van der Waals surface area contributed by atoms with Crippen LogP contribution in [0, 0.1) is 5.92 Å². The maximum absolute atomic E-state index is 12.4. The molecule has 3 atom stereocenters. The number of aromatic nitrogens is 4. The quantitative estimate of drug-likeness (QED) is 0.246. The zero-order valence-corrected chi connectivity index (χ0v) is 21.2. The summed E-state index contributed by atoms with van der Waals surface area (Å²) in [5.41, 5.74) is 6.93. The molecule has 4 heterocycles. The lowest BCUT2D eigenvalue weighted by Gasteiger charge is -2.31. The van der Waals surface area contributed by atoms with E-state index in [0.29, 0.717) is 55.9 Å². The molecule has 0 aromatic carbocycles. The van der Waals surface area contributed by atoms with Crippen molar-refractivity contribution in [1.29, 1.82) is 0 Å². The van der Waals surface area contributed by atoms with E-state index in [9.17, 15) is 24.6 Å². The Bertz CT molecular complexity index is 1150. The molecular formula is C23H34N8O7. The lowest BCUT2D eigenvalue weighted by atomic mass is 9.93. The number of anilines is 1. The molecule has 2 aliphatic heterocycles. The van der Waals surface area contributed by atoms with Gasteiger partial charge in [-0.3, -0.25) is 14.2 Å². The second-order valence-electron chi connectivity index (χ2n) is 9.39. The van der Waals surface area contributed by atoms with E-state index in [-0.39, 0.29) is 24.4 Å². The average Bonchev–Trinajstić information content (AvgIpc) is 3.50. The Morgan fingerprint density at radius 1 is 1.29 bits per heavy atom. The van der Waals surface area contributed by atoms with Crippen LogP contribution in [0.4, 0.5) is 10.6 Å². The summed E-state index contributed by atoms with van der Waals surface area (Å²) in [4.78, 5) is 50.8. The highest BCUT2D eigenvalue weighted by Gasteiger charge is 2.30. The Kier molecular flexibility index (Phi) is 8.91. The topological polar surface area (TPSA) is 207 Å². The van der Waals surface area contributed by atoms with Gasteiger partial charge >= 0.3 is 6.09 Å². The first-order valence-corrected chi connectivity index (χ1v) is 12.7. The Morgan fingerprint density at radius 2 is 2.05 bits per heavy atom. The summed E-state index contributed by atoms with van der Waals surface area (Å²) < 4.78 is 12.5. The van der Waals surface area contributed by atoms with Gasteiger partial charge in [-0.05, 0) is 25.7 Å². The minimum atomic E-state index is -1.40. The molecular weight excluding hydrogens is 500 g/mol. The maximum atomic E-state index is 12.4. The maximum Gasteiger partial charge on any atom is 0.411 e. The van der Waals surface area contributed by atoms with Gasteiger partial charge in [0.15, 0.2) is 23.8 Å². The number of nitrogens with zero attached hydrogens (tertiary/aromatic N) is 5. The van der Waals surface area contributed by atoms with Crippen molar-refractivity contribution >= 4 is 34.9 Å². The number of piperidine rings is 1. The molecule has 2 fully saturated rings. The number of carbonyl (C=O) groups is 3. The Labute approximate surface area is 218 Å². The number of nitrogen functional groups attached to an aromatic ring is 1. The van der Waals surface area contributed by atoms with Crippen molar-refractivity contribution in [3.8, 4) is 0 Å². The third kappa shape index (κ3) is 6.46. The fourth-order valence-electron chi connectivity index (χ4n) is 4.54. The zero-order chi connectivity index (χ0) is 27.2. The Morgan fingerprint density at radius 3 is 2.71 bits per heavy atom. The summed E-state index contributed by atoms with van der Waals surface area (Å²) in [5.74, 6) is 0.282. The van der Waals surface area contributed by atoms with Crippen molar-refractivity contribution in [3.63, 3.8) is 0 Å². The summed E-state index contributed by atoms with van der Waals surface area (Å²) in [7, 11) is 0. The number of nitrogens with two attached hydrogens (primary N) is 1. The molecule has 0 aliphatic carbocycles. The number of aliphatic hydroxyl groups excluding tert-OH is 2. The minimum Gasteiger partial charge on any atom is -0.425 e. The molecule has 208 valence electrons. The van der Waals surface area contributed by atoms with Crippen LogP contribution in [0.5, 0.6) is 0 Å². The number of ether oxygens (including phenoxy) is 2. The van der Waals surface area contributed by atoms with Crippen molar-refractivity contribution < 1.29 is 34.1 Å². The average molecular weight is 535 g/mol. The first kappa shape index (κ1) is 27.5. The summed E-state index contributed by atoms with van der Waals surface area (Å²) >= 11 is 0. The summed E-state index contributed by atoms with van der Waals surface area (Å²) in [6.07, 6.45) is 0.619. The van der Waals surface area contributed by atoms with Crippen LogP contribution in [0.25, 0.3) is 11.2 Å². The van der Waals surface area contributed by atoms with Gasteiger partial charge < -0.3 is 41.0 Å². The molecule has 2 aliphatic rings. The predicted molar refractivity (Wildman–Crippen MR) is 132 cm³/mol. The molecule has 2 aromatic rings. The molecule has 2 unspecified atom stereocenters. The molecule has 3 amide bonds. The number of carbonyl (C=O) groups excluding carboxylic acids is 3. The molecule has 0 radical (unpaired) electrons. The van der Waals surface area contributed by atoms with Crippen LogP contribution in [0.1, 0.15) is 38.4 Å². The number of nitrogens with one attached hydrogen (secondary N) is 2. The van der Waals surface area contributed by atoms with Crippen LogP contribution < -0.4 is 16.4 Å². The fraction of sp³-hybridized carbons (Fsp3) is 0.652. The van der Waals surface area contributed by atoms with E-state index in [1.54, 1.807) is 16.4 Å². The van der Waals surface area contributed by atoms with E-state index in [1.807, 2.05) is 0 Å². The number of imidazole rings is 1. The summed E-state index contributed by atoms with van der Waals surface area (Å²) in [6, 6.07) is 0. The number of amides is 3. The number of likely N-dealkylation sites (tertiary alicyclic amines) is 1. The smallest absolute Gasteiger partial charge is 0.411 e. The number of hydrogen-bond acceptors (Lipinski definition) is 11.